The van der Waals surface area contributed by atoms with Crippen molar-refractivity contribution in [3.63, 3.8) is 0 Å². The van der Waals surface area contributed by atoms with Crippen LogP contribution in [0.4, 0.5) is 5.69 Å². The van der Waals surface area contributed by atoms with Crippen LogP contribution in [0.3, 0.4) is 0 Å². The van der Waals surface area contributed by atoms with Gasteiger partial charge < -0.3 is 15.2 Å². The van der Waals surface area contributed by atoms with Crippen molar-refractivity contribution in [1.82, 2.24) is 10.4 Å². The van der Waals surface area contributed by atoms with Crippen LogP contribution in [0, 0.1) is 0 Å². The molecule has 29 heavy (non-hydrogen) atoms. The maximum atomic E-state index is 6.32. The van der Waals surface area contributed by atoms with E-state index in [1.807, 2.05) is 48.5 Å². The van der Waals surface area contributed by atoms with Crippen LogP contribution in [0.2, 0.25) is 0 Å². The zero-order valence-electron chi connectivity index (χ0n) is 16.4. The Morgan fingerprint density at radius 3 is 2.34 bits per heavy atom. The summed E-state index contributed by atoms with van der Waals surface area (Å²) in [5.41, 5.74) is 12.5. The second-order valence-corrected chi connectivity index (χ2v) is 7.20. The molecule has 150 valence electrons. The van der Waals surface area contributed by atoms with Crippen molar-refractivity contribution in [2.24, 2.45) is 0 Å². The number of anilines is 1. The lowest BCUT2D eigenvalue weighted by Gasteiger charge is -2.23. The topological polar surface area (TPSA) is 59.8 Å². The van der Waals surface area contributed by atoms with Crippen molar-refractivity contribution in [3.05, 3.63) is 96.1 Å². The maximum Gasteiger partial charge on any atom is 0.149 e. The third kappa shape index (κ3) is 5.35. The molecule has 1 fully saturated rings. The number of nitrogens with two attached hydrogens (primary N) is 1. The molecule has 0 radical (unpaired) electrons. The summed E-state index contributed by atoms with van der Waals surface area (Å²) in [6.07, 6.45) is 0.805. The van der Waals surface area contributed by atoms with Gasteiger partial charge in [0.2, 0.25) is 0 Å². The molecule has 4 rings (SSSR count). The molecule has 2 unspecified atom stereocenters. The van der Waals surface area contributed by atoms with Gasteiger partial charge in [-0.05, 0) is 41.8 Å². The van der Waals surface area contributed by atoms with Gasteiger partial charge in [-0.2, -0.15) is 0 Å². The first-order valence-electron chi connectivity index (χ1n) is 10.0. The quantitative estimate of drug-likeness (QED) is 0.574. The lowest BCUT2D eigenvalue weighted by Crippen LogP contribution is -2.40. The highest BCUT2D eigenvalue weighted by molar-refractivity contribution is 5.41. The van der Waals surface area contributed by atoms with Gasteiger partial charge in [0, 0.05) is 18.8 Å². The third-order valence-corrected chi connectivity index (χ3v) is 4.98. The molecule has 2 atom stereocenters. The summed E-state index contributed by atoms with van der Waals surface area (Å²) in [5.74, 6) is 0.801. The van der Waals surface area contributed by atoms with Crippen LogP contribution in [-0.2, 0) is 11.2 Å². The van der Waals surface area contributed by atoms with E-state index in [2.05, 4.69) is 46.8 Å². The molecular weight excluding hydrogens is 362 g/mol. The fraction of sp³-hybridized carbons (Fsp3) is 0.250. The van der Waals surface area contributed by atoms with Gasteiger partial charge in [0.1, 0.15) is 24.7 Å². The van der Waals surface area contributed by atoms with E-state index in [9.17, 15) is 0 Å². The number of rotatable bonds is 8. The fourth-order valence-corrected chi connectivity index (χ4v) is 3.47. The van der Waals surface area contributed by atoms with Crippen molar-refractivity contribution >= 4 is 5.69 Å². The third-order valence-electron chi connectivity index (χ3n) is 4.98. The van der Waals surface area contributed by atoms with Crippen LogP contribution in [0.15, 0.2) is 84.9 Å². The van der Waals surface area contributed by atoms with Gasteiger partial charge in [0.15, 0.2) is 0 Å². The monoisotopic (exact) mass is 389 g/mol. The molecule has 3 aromatic rings. The summed E-state index contributed by atoms with van der Waals surface area (Å²) in [6, 6.07) is 28.2. The Balaban J connectivity index is 1.37. The Morgan fingerprint density at radius 2 is 1.62 bits per heavy atom. The molecule has 0 saturated carbocycles. The summed E-state index contributed by atoms with van der Waals surface area (Å²) < 4.78 is 12.2. The van der Waals surface area contributed by atoms with Crippen molar-refractivity contribution in [3.8, 4) is 5.75 Å². The van der Waals surface area contributed by atoms with Gasteiger partial charge in [-0.1, -0.05) is 60.7 Å². The lowest BCUT2D eigenvalue weighted by molar-refractivity contribution is -0.0302. The summed E-state index contributed by atoms with van der Waals surface area (Å²) in [5, 5.41) is 2.18. The molecule has 0 amide bonds. The molecule has 1 aliphatic rings. The second-order valence-electron chi connectivity index (χ2n) is 7.20. The van der Waals surface area contributed by atoms with Gasteiger partial charge in [-0.3, -0.25) is 5.43 Å². The maximum absolute atomic E-state index is 6.32. The zero-order chi connectivity index (χ0) is 19.9. The number of benzene rings is 3. The van der Waals surface area contributed by atoms with Crippen molar-refractivity contribution < 1.29 is 9.47 Å². The van der Waals surface area contributed by atoms with Crippen LogP contribution in [0.25, 0.3) is 0 Å². The number of nitrogens with one attached hydrogen (secondary N) is 1. The molecular formula is C24H27N3O2. The lowest BCUT2D eigenvalue weighted by atomic mass is 10.1. The van der Waals surface area contributed by atoms with E-state index in [4.69, 9.17) is 15.2 Å². The van der Waals surface area contributed by atoms with Crippen LogP contribution >= 0.6 is 0 Å². The Bertz CT molecular complexity index is 872. The Hall–Kier alpha value is -2.86. The molecule has 3 aromatic carbocycles. The first kappa shape index (κ1) is 19.5. The molecule has 1 aliphatic heterocycles. The number of ether oxygens (including phenoxy) is 2. The standard InChI is InChI=1S/C24H27N3O2/c25-21-11-13-22(14-12-21)28-18-23-17-27(24(29-23)20-9-5-2-6-10-20)26-16-15-19-7-3-1-4-8-19/h1-14,23-24,26H,15-18,25H2. The van der Waals surface area contributed by atoms with E-state index in [1.165, 1.54) is 5.56 Å². The smallest absolute Gasteiger partial charge is 0.149 e. The molecule has 0 bridgehead atoms. The summed E-state index contributed by atoms with van der Waals surface area (Å²) in [7, 11) is 0. The first-order chi connectivity index (χ1) is 14.3. The minimum Gasteiger partial charge on any atom is -0.491 e. The number of nitrogen functional groups attached to an aromatic ring is 1. The summed E-state index contributed by atoms with van der Waals surface area (Å²) >= 11 is 0. The van der Waals surface area contributed by atoms with Crippen molar-refractivity contribution in [2.75, 3.05) is 25.4 Å². The van der Waals surface area contributed by atoms with Crippen LogP contribution < -0.4 is 15.9 Å². The largest absolute Gasteiger partial charge is 0.491 e. The van der Waals surface area contributed by atoms with E-state index >= 15 is 0 Å². The van der Waals surface area contributed by atoms with Gasteiger partial charge >= 0.3 is 0 Å². The van der Waals surface area contributed by atoms with Crippen LogP contribution in [-0.4, -0.2) is 30.8 Å². The van der Waals surface area contributed by atoms with Crippen LogP contribution in [0.5, 0.6) is 5.75 Å². The first-order valence-corrected chi connectivity index (χ1v) is 10.0. The minimum absolute atomic E-state index is 0.0259. The predicted octanol–water partition coefficient (Wildman–Crippen LogP) is 3.79. The molecule has 5 heteroatoms. The average molecular weight is 389 g/mol. The normalized spacial score (nSPS) is 19.3. The van der Waals surface area contributed by atoms with Crippen LogP contribution in [0.1, 0.15) is 17.4 Å². The van der Waals surface area contributed by atoms with E-state index in [1.54, 1.807) is 0 Å². The van der Waals surface area contributed by atoms with E-state index in [0.717, 1.165) is 36.5 Å². The summed E-state index contributed by atoms with van der Waals surface area (Å²) in [6.45, 7) is 2.09. The fourth-order valence-electron chi connectivity index (χ4n) is 3.47. The van der Waals surface area contributed by atoms with E-state index in [0.29, 0.717) is 6.61 Å². The van der Waals surface area contributed by atoms with Gasteiger partial charge in [-0.15, -0.1) is 0 Å². The number of hydrogen-bond acceptors (Lipinski definition) is 5. The van der Waals surface area contributed by atoms with Gasteiger partial charge in [-0.25, -0.2) is 5.01 Å². The van der Waals surface area contributed by atoms with Gasteiger partial charge in [0.25, 0.3) is 0 Å². The Labute approximate surface area is 172 Å². The molecule has 0 spiro atoms. The molecule has 0 aromatic heterocycles. The SMILES string of the molecule is Nc1ccc(OCC2CN(NCCc3ccccc3)C(c3ccccc3)O2)cc1. The zero-order valence-corrected chi connectivity index (χ0v) is 16.4. The highest BCUT2D eigenvalue weighted by atomic mass is 16.6. The molecule has 5 nitrogen and oxygen atoms in total. The second kappa shape index (κ2) is 9.56. The number of hydrogen-bond donors (Lipinski definition) is 2. The van der Waals surface area contributed by atoms with Crippen molar-refractivity contribution in [1.29, 1.82) is 0 Å². The number of hydrazine groups is 1. The molecule has 1 saturated heterocycles. The highest BCUT2D eigenvalue weighted by Crippen LogP contribution is 2.29. The highest BCUT2D eigenvalue weighted by Gasteiger charge is 2.34. The summed E-state index contributed by atoms with van der Waals surface area (Å²) in [4.78, 5) is 0. The van der Waals surface area contributed by atoms with Gasteiger partial charge in [0.05, 0.1) is 0 Å². The Kier molecular flexibility index (Phi) is 6.42. The minimum atomic E-state index is -0.132. The predicted molar refractivity (Wildman–Crippen MR) is 115 cm³/mol. The van der Waals surface area contributed by atoms with Crippen molar-refractivity contribution in [2.45, 2.75) is 18.8 Å². The molecule has 0 aliphatic carbocycles. The molecule has 3 N–H and O–H groups in total. The average Bonchev–Trinajstić information content (AvgIpc) is 3.18. The number of nitrogens with zero attached hydrogens (tertiary/aromatic N) is 1. The Morgan fingerprint density at radius 1 is 0.931 bits per heavy atom. The van der Waals surface area contributed by atoms with E-state index in [-0.39, 0.29) is 12.3 Å². The molecule has 1 heterocycles. The van der Waals surface area contributed by atoms with E-state index < -0.39 is 0 Å².